The molecule has 1 amide bonds. The zero-order valence-electron chi connectivity index (χ0n) is 17.7. The Bertz CT molecular complexity index is 1170. The van der Waals surface area contributed by atoms with Crippen LogP contribution >= 0.6 is 0 Å². The van der Waals surface area contributed by atoms with Crippen LogP contribution in [0.3, 0.4) is 0 Å². The number of ether oxygens (including phenoxy) is 2. The summed E-state index contributed by atoms with van der Waals surface area (Å²) in [7, 11) is -2.40. The van der Waals surface area contributed by atoms with Gasteiger partial charge < -0.3 is 14.8 Å². The van der Waals surface area contributed by atoms with Crippen LogP contribution in [0.4, 0.5) is 0 Å². The highest BCUT2D eigenvalue weighted by Crippen LogP contribution is 2.25. The Morgan fingerprint density at radius 1 is 1.00 bits per heavy atom. The van der Waals surface area contributed by atoms with Crippen LogP contribution in [0.15, 0.2) is 65.6 Å². The maximum Gasteiger partial charge on any atom is 0.255 e. The second kappa shape index (κ2) is 9.80. The first kappa shape index (κ1) is 22.6. The number of amides is 1. The SMILES string of the molecule is COc1ccc(S(=O)(=O)NCCOc2cccc3ccccc23)cc1C(=O)NC(C)C. The molecule has 0 fully saturated rings. The summed E-state index contributed by atoms with van der Waals surface area (Å²) in [5.74, 6) is 0.592. The van der Waals surface area contributed by atoms with Gasteiger partial charge >= 0.3 is 0 Å². The summed E-state index contributed by atoms with van der Waals surface area (Å²) in [6, 6.07) is 17.6. The molecular weight excluding hydrogens is 416 g/mol. The van der Waals surface area contributed by atoms with Crippen LogP contribution in [0.25, 0.3) is 10.8 Å². The van der Waals surface area contributed by atoms with Crippen molar-refractivity contribution >= 4 is 26.7 Å². The third kappa shape index (κ3) is 5.53. The Labute approximate surface area is 182 Å². The zero-order chi connectivity index (χ0) is 22.4. The molecule has 0 saturated carbocycles. The van der Waals surface area contributed by atoms with Crippen LogP contribution in [0.1, 0.15) is 24.2 Å². The smallest absolute Gasteiger partial charge is 0.255 e. The summed E-state index contributed by atoms with van der Waals surface area (Å²) >= 11 is 0. The molecular formula is C23H26N2O5S. The molecule has 31 heavy (non-hydrogen) atoms. The van der Waals surface area contributed by atoms with Gasteiger partial charge in [0, 0.05) is 18.0 Å². The average molecular weight is 443 g/mol. The first-order valence-electron chi connectivity index (χ1n) is 9.91. The Hall–Kier alpha value is -3.10. The van der Waals surface area contributed by atoms with Crippen molar-refractivity contribution in [3.8, 4) is 11.5 Å². The highest BCUT2D eigenvalue weighted by molar-refractivity contribution is 7.89. The summed E-state index contributed by atoms with van der Waals surface area (Å²) in [4.78, 5) is 12.4. The zero-order valence-corrected chi connectivity index (χ0v) is 18.5. The summed E-state index contributed by atoms with van der Waals surface area (Å²) in [6.45, 7) is 3.88. The number of methoxy groups -OCH3 is 1. The molecule has 3 rings (SSSR count). The summed E-state index contributed by atoms with van der Waals surface area (Å²) in [5, 5.41) is 4.75. The fourth-order valence-electron chi connectivity index (χ4n) is 3.11. The first-order chi connectivity index (χ1) is 14.8. The van der Waals surface area contributed by atoms with E-state index in [-0.39, 0.29) is 29.7 Å². The Morgan fingerprint density at radius 3 is 2.48 bits per heavy atom. The average Bonchev–Trinajstić information content (AvgIpc) is 2.75. The number of rotatable bonds is 9. The van der Waals surface area contributed by atoms with Gasteiger partial charge in [0.15, 0.2) is 0 Å². The van der Waals surface area contributed by atoms with E-state index in [0.29, 0.717) is 11.5 Å². The lowest BCUT2D eigenvalue weighted by atomic mass is 10.1. The molecule has 3 aromatic rings. The Kier molecular flexibility index (Phi) is 7.14. The number of hydrogen-bond acceptors (Lipinski definition) is 5. The largest absolute Gasteiger partial charge is 0.496 e. The molecule has 0 aliphatic carbocycles. The van der Waals surface area contributed by atoms with Crippen LogP contribution in [0, 0.1) is 0 Å². The summed E-state index contributed by atoms with van der Waals surface area (Å²) in [5.41, 5.74) is 0.158. The molecule has 0 saturated heterocycles. The molecule has 8 heteroatoms. The maximum absolute atomic E-state index is 12.7. The fourth-order valence-corrected chi connectivity index (χ4v) is 4.15. The lowest BCUT2D eigenvalue weighted by Crippen LogP contribution is -2.31. The van der Waals surface area contributed by atoms with E-state index in [1.807, 2.05) is 56.3 Å². The minimum Gasteiger partial charge on any atom is -0.496 e. The molecule has 0 aliphatic heterocycles. The van der Waals surface area contributed by atoms with E-state index in [0.717, 1.165) is 10.8 Å². The van der Waals surface area contributed by atoms with Crippen molar-refractivity contribution in [1.82, 2.24) is 10.0 Å². The lowest BCUT2D eigenvalue weighted by Gasteiger charge is -2.14. The molecule has 0 atom stereocenters. The minimum absolute atomic E-state index is 0.0210. The van der Waals surface area contributed by atoms with Crippen LogP contribution in [0.5, 0.6) is 11.5 Å². The van der Waals surface area contributed by atoms with Gasteiger partial charge in [0.25, 0.3) is 5.91 Å². The van der Waals surface area contributed by atoms with Crippen molar-refractivity contribution in [3.05, 3.63) is 66.2 Å². The Balaban J connectivity index is 1.68. The number of benzene rings is 3. The van der Waals surface area contributed by atoms with E-state index in [9.17, 15) is 13.2 Å². The molecule has 3 aromatic carbocycles. The quantitative estimate of drug-likeness (QED) is 0.496. The van der Waals surface area contributed by atoms with Crippen LogP contribution in [0.2, 0.25) is 0 Å². The van der Waals surface area contributed by atoms with Crippen molar-refractivity contribution in [1.29, 1.82) is 0 Å². The molecule has 0 heterocycles. The second-order valence-corrected chi connectivity index (χ2v) is 8.98. The summed E-state index contributed by atoms with van der Waals surface area (Å²) in [6.07, 6.45) is 0. The van der Waals surface area contributed by atoms with Gasteiger partial charge in [-0.3, -0.25) is 4.79 Å². The van der Waals surface area contributed by atoms with E-state index in [2.05, 4.69) is 10.0 Å². The van der Waals surface area contributed by atoms with E-state index >= 15 is 0 Å². The molecule has 164 valence electrons. The van der Waals surface area contributed by atoms with E-state index < -0.39 is 15.9 Å². The predicted octanol–water partition coefficient (Wildman–Crippen LogP) is 3.34. The predicted molar refractivity (Wildman–Crippen MR) is 120 cm³/mol. The van der Waals surface area contributed by atoms with Gasteiger partial charge in [-0.25, -0.2) is 13.1 Å². The van der Waals surface area contributed by atoms with E-state index in [1.54, 1.807) is 0 Å². The molecule has 0 radical (unpaired) electrons. The van der Waals surface area contributed by atoms with E-state index in [1.165, 1.54) is 25.3 Å². The standard InChI is InChI=1S/C23H26N2O5S/c1-16(2)25-23(26)20-15-18(11-12-21(20)29-3)31(27,28)24-13-14-30-22-10-6-8-17-7-4-5-9-19(17)22/h4-12,15-16,24H,13-14H2,1-3H3,(H,25,26). The topological polar surface area (TPSA) is 93.7 Å². The number of carbonyl (C=O) groups excluding carboxylic acids is 1. The number of fused-ring (bicyclic) bond motifs is 1. The number of carbonyl (C=O) groups is 1. The fraction of sp³-hybridized carbons (Fsp3) is 0.261. The third-order valence-electron chi connectivity index (χ3n) is 4.55. The van der Waals surface area contributed by atoms with Crippen molar-refractivity contribution in [2.75, 3.05) is 20.3 Å². The summed E-state index contributed by atoms with van der Waals surface area (Å²) < 4.78 is 38.9. The van der Waals surface area contributed by atoms with Gasteiger partial charge in [-0.15, -0.1) is 0 Å². The first-order valence-corrected chi connectivity index (χ1v) is 11.4. The monoisotopic (exact) mass is 442 g/mol. The van der Waals surface area contributed by atoms with E-state index in [4.69, 9.17) is 9.47 Å². The highest BCUT2D eigenvalue weighted by atomic mass is 32.2. The van der Waals surface area contributed by atoms with Gasteiger partial charge in [0.1, 0.15) is 18.1 Å². The normalized spacial score (nSPS) is 11.5. The molecule has 2 N–H and O–H groups in total. The highest BCUT2D eigenvalue weighted by Gasteiger charge is 2.20. The van der Waals surface area contributed by atoms with Crippen molar-refractivity contribution < 1.29 is 22.7 Å². The molecule has 0 bridgehead atoms. The van der Waals surface area contributed by atoms with Gasteiger partial charge in [0.05, 0.1) is 17.6 Å². The maximum atomic E-state index is 12.7. The molecule has 7 nitrogen and oxygen atoms in total. The van der Waals surface area contributed by atoms with Crippen LogP contribution < -0.4 is 19.5 Å². The van der Waals surface area contributed by atoms with Crippen molar-refractivity contribution in [3.63, 3.8) is 0 Å². The molecule has 0 aliphatic rings. The number of sulfonamides is 1. The van der Waals surface area contributed by atoms with Gasteiger partial charge in [0.2, 0.25) is 10.0 Å². The second-order valence-electron chi connectivity index (χ2n) is 7.21. The molecule has 0 aromatic heterocycles. The lowest BCUT2D eigenvalue weighted by molar-refractivity contribution is 0.0940. The van der Waals surface area contributed by atoms with Crippen molar-refractivity contribution in [2.24, 2.45) is 0 Å². The number of hydrogen-bond donors (Lipinski definition) is 2. The van der Waals surface area contributed by atoms with Crippen LogP contribution in [-0.2, 0) is 10.0 Å². The van der Waals surface area contributed by atoms with Gasteiger partial charge in [-0.2, -0.15) is 0 Å². The number of nitrogens with one attached hydrogen (secondary N) is 2. The van der Waals surface area contributed by atoms with Gasteiger partial charge in [-0.1, -0.05) is 36.4 Å². The Morgan fingerprint density at radius 2 is 1.74 bits per heavy atom. The molecule has 0 unspecified atom stereocenters. The molecule has 0 spiro atoms. The van der Waals surface area contributed by atoms with Gasteiger partial charge in [-0.05, 0) is 43.5 Å². The minimum atomic E-state index is -3.83. The van der Waals surface area contributed by atoms with Crippen LogP contribution in [-0.4, -0.2) is 40.6 Å². The third-order valence-corrected chi connectivity index (χ3v) is 6.01. The van der Waals surface area contributed by atoms with Crippen molar-refractivity contribution in [2.45, 2.75) is 24.8 Å².